The normalized spacial score (nSPS) is 11.7. The molecular weight excluding hydrogens is 284 g/mol. The van der Waals surface area contributed by atoms with Gasteiger partial charge < -0.3 is 10.6 Å². The van der Waals surface area contributed by atoms with Crippen LogP contribution in [0.15, 0.2) is 54.6 Å². The van der Waals surface area contributed by atoms with Gasteiger partial charge in [0.2, 0.25) is 0 Å². The standard InChI is InChI=1S/C17H19ClN2O/c1-13(15-7-9-16(18)10-8-15)20-17(21)19-12-11-14-5-3-2-4-6-14/h2-10,13H,11-12H2,1H3,(H2,19,20,21)/t13-/m0/s1. The summed E-state index contributed by atoms with van der Waals surface area (Å²) >= 11 is 5.85. The van der Waals surface area contributed by atoms with Crippen molar-refractivity contribution in [3.63, 3.8) is 0 Å². The first-order chi connectivity index (χ1) is 10.1. The number of hydrogen-bond acceptors (Lipinski definition) is 1. The Bertz CT molecular complexity index is 569. The first-order valence-electron chi connectivity index (χ1n) is 6.99. The number of nitrogens with one attached hydrogen (secondary N) is 2. The number of carbonyl (C=O) groups excluding carboxylic acids is 1. The van der Waals surface area contributed by atoms with Crippen LogP contribution in [0, 0.1) is 0 Å². The van der Waals surface area contributed by atoms with Crippen molar-refractivity contribution in [3.05, 3.63) is 70.7 Å². The molecule has 0 aliphatic rings. The molecule has 0 radical (unpaired) electrons. The van der Waals surface area contributed by atoms with Gasteiger partial charge >= 0.3 is 6.03 Å². The highest BCUT2D eigenvalue weighted by molar-refractivity contribution is 6.30. The molecule has 0 saturated heterocycles. The van der Waals surface area contributed by atoms with E-state index in [4.69, 9.17) is 11.6 Å². The van der Waals surface area contributed by atoms with Crippen LogP contribution < -0.4 is 10.6 Å². The van der Waals surface area contributed by atoms with Gasteiger partial charge in [-0.25, -0.2) is 4.79 Å². The Morgan fingerprint density at radius 3 is 2.43 bits per heavy atom. The van der Waals surface area contributed by atoms with E-state index in [1.54, 1.807) is 0 Å². The summed E-state index contributed by atoms with van der Waals surface area (Å²) in [6.45, 7) is 2.56. The van der Waals surface area contributed by atoms with Crippen molar-refractivity contribution >= 4 is 17.6 Å². The van der Waals surface area contributed by atoms with Gasteiger partial charge in [-0.05, 0) is 36.6 Å². The number of halogens is 1. The van der Waals surface area contributed by atoms with Crippen molar-refractivity contribution < 1.29 is 4.79 Å². The van der Waals surface area contributed by atoms with Gasteiger partial charge in [-0.1, -0.05) is 54.1 Å². The number of rotatable bonds is 5. The summed E-state index contributed by atoms with van der Waals surface area (Å²) in [5.74, 6) is 0. The van der Waals surface area contributed by atoms with Gasteiger partial charge in [0.15, 0.2) is 0 Å². The van der Waals surface area contributed by atoms with Crippen molar-refractivity contribution in [1.29, 1.82) is 0 Å². The van der Waals surface area contributed by atoms with E-state index in [0.29, 0.717) is 11.6 Å². The molecule has 2 amide bonds. The zero-order valence-corrected chi connectivity index (χ0v) is 12.7. The summed E-state index contributed by atoms with van der Waals surface area (Å²) in [5, 5.41) is 6.47. The van der Waals surface area contributed by atoms with E-state index in [2.05, 4.69) is 22.8 Å². The third kappa shape index (κ3) is 5.12. The molecule has 3 nitrogen and oxygen atoms in total. The minimum absolute atomic E-state index is 0.0565. The molecule has 0 unspecified atom stereocenters. The maximum absolute atomic E-state index is 11.8. The molecule has 0 aliphatic heterocycles. The molecule has 2 aromatic carbocycles. The first-order valence-corrected chi connectivity index (χ1v) is 7.36. The van der Waals surface area contributed by atoms with E-state index in [9.17, 15) is 4.79 Å². The molecular formula is C17H19ClN2O. The summed E-state index contributed by atoms with van der Waals surface area (Å²) in [4.78, 5) is 11.8. The minimum atomic E-state index is -0.159. The fraction of sp³-hybridized carbons (Fsp3) is 0.235. The topological polar surface area (TPSA) is 41.1 Å². The predicted molar refractivity (Wildman–Crippen MR) is 86.5 cm³/mol. The highest BCUT2D eigenvalue weighted by atomic mass is 35.5. The highest BCUT2D eigenvalue weighted by Gasteiger charge is 2.08. The molecule has 21 heavy (non-hydrogen) atoms. The summed E-state index contributed by atoms with van der Waals surface area (Å²) in [5.41, 5.74) is 2.24. The van der Waals surface area contributed by atoms with E-state index in [1.807, 2.05) is 49.4 Å². The molecule has 0 bridgehead atoms. The van der Waals surface area contributed by atoms with E-state index in [0.717, 1.165) is 12.0 Å². The second-order valence-electron chi connectivity index (χ2n) is 4.91. The van der Waals surface area contributed by atoms with Gasteiger partial charge in [-0.15, -0.1) is 0 Å². The number of carbonyl (C=O) groups is 1. The lowest BCUT2D eigenvalue weighted by Gasteiger charge is -2.15. The molecule has 1 atom stereocenters. The number of hydrogen-bond donors (Lipinski definition) is 2. The molecule has 0 saturated carbocycles. The lowest BCUT2D eigenvalue weighted by atomic mass is 10.1. The molecule has 0 aromatic heterocycles. The quantitative estimate of drug-likeness (QED) is 0.863. The van der Waals surface area contributed by atoms with Crippen LogP contribution in [0.1, 0.15) is 24.1 Å². The largest absolute Gasteiger partial charge is 0.338 e. The summed E-state index contributed by atoms with van der Waals surface area (Å²) < 4.78 is 0. The minimum Gasteiger partial charge on any atom is -0.338 e. The average Bonchev–Trinajstić information content (AvgIpc) is 2.49. The van der Waals surface area contributed by atoms with E-state index in [-0.39, 0.29) is 12.1 Å². The second-order valence-corrected chi connectivity index (χ2v) is 5.35. The maximum atomic E-state index is 11.8. The van der Waals surface area contributed by atoms with Crippen LogP contribution in [-0.4, -0.2) is 12.6 Å². The Kier molecular flexibility index (Phi) is 5.64. The molecule has 0 spiro atoms. The second kappa shape index (κ2) is 7.70. The number of benzene rings is 2. The van der Waals surface area contributed by atoms with Gasteiger partial charge in [-0.2, -0.15) is 0 Å². The molecule has 2 N–H and O–H groups in total. The van der Waals surface area contributed by atoms with E-state index >= 15 is 0 Å². The summed E-state index contributed by atoms with van der Waals surface area (Å²) in [6, 6.07) is 17.3. The number of urea groups is 1. The van der Waals surface area contributed by atoms with Crippen LogP contribution in [-0.2, 0) is 6.42 Å². The van der Waals surface area contributed by atoms with Crippen molar-refractivity contribution in [2.75, 3.05) is 6.54 Å². The van der Waals surface area contributed by atoms with Crippen LogP contribution in [0.3, 0.4) is 0 Å². The van der Waals surface area contributed by atoms with Crippen molar-refractivity contribution in [2.24, 2.45) is 0 Å². The van der Waals surface area contributed by atoms with Gasteiger partial charge in [0, 0.05) is 11.6 Å². The highest BCUT2D eigenvalue weighted by Crippen LogP contribution is 2.15. The first kappa shape index (κ1) is 15.4. The molecule has 110 valence electrons. The average molecular weight is 303 g/mol. The molecule has 2 rings (SSSR count). The Morgan fingerprint density at radius 2 is 1.76 bits per heavy atom. The van der Waals surface area contributed by atoms with Crippen LogP contribution >= 0.6 is 11.6 Å². The zero-order chi connectivity index (χ0) is 15.1. The Hall–Kier alpha value is -2.00. The van der Waals surface area contributed by atoms with Gasteiger partial charge in [0.25, 0.3) is 0 Å². The Labute approximate surface area is 130 Å². The zero-order valence-electron chi connectivity index (χ0n) is 12.0. The Balaban J connectivity index is 1.75. The fourth-order valence-corrected chi connectivity index (χ4v) is 2.17. The molecule has 2 aromatic rings. The Morgan fingerprint density at radius 1 is 1.10 bits per heavy atom. The van der Waals surface area contributed by atoms with Crippen molar-refractivity contribution in [3.8, 4) is 0 Å². The molecule has 0 fully saturated rings. The van der Waals surface area contributed by atoms with Gasteiger partial charge in [0.05, 0.1) is 6.04 Å². The van der Waals surface area contributed by atoms with Crippen LogP contribution in [0.5, 0.6) is 0 Å². The lowest BCUT2D eigenvalue weighted by molar-refractivity contribution is 0.238. The summed E-state index contributed by atoms with van der Waals surface area (Å²) in [6.07, 6.45) is 0.823. The number of amides is 2. The van der Waals surface area contributed by atoms with Crippen molar-refractivity contribution in [1.82, 2.24) is 10.6 Å². The van der Waals surface area contributed by atoms with Crippen molar-refractivity contribution in [2.45, 2.75) is 19.4 Å². The smallest absolute Gasteiger partial charge is 0.315 e. The van der Waals surface area contributed by atoms with Gasteiger partial charge in [-0.3, -0.25) is 0 Å². The van der Waals surface area contributed by atoms with Gasteiger partial charge in [0.1, 0.15) is 0 Å². The van der Waals surface area contributed by atoms with Crippen LogP contribution in [0.2, 0.25) is 5.02 Å². The summed E-state index contributed by atoms with van der Waals surface area (Å²) in [7, 11) is 0. The SMILES string of the molecule is C[C@H](NC(=O)NCCc1ccccc1)c1ccc(Cl)cc1. The van der Waals surface area contributed by atoms with E-state index in [1.165, 1.54) is 5.56 Å². The third-order valence-corrected chi connectivity index (χ3v) is 3.51. The monoisotopic (exact) mass is 302 g/mol. The van der Waals surface area contributed by atoms with Crippen LogP contribution in [0.4, 0.5) is 4.79 Å². The molecule has 0 aliphatic carbocycles. The predicted octanol–water partition coefficient (Wildman–Crippen LogP) is 3.94. The molecule has 0 heterocycles. The van der Waals surface area contributed by atoms with E-state index < -0.39 is 0 Å². The van der Waals surface area contributed by atoms with Crippen LogP contribution in [0.25, 0.3) is 0 Å². The lowest BCUT2D eigenvalue weighted by Crippen LogP contribution is -2.38. The third-order valence-electron chi connectivity index (χ3n) is 3.26. The maximum Gasteiger partial charge on any atom is 0.315 e. The molecule has 4 heteroatoms. The fourth-order valence-electron chi connectivity index (χ4n) is 2.05.